The molecule has 7 amide bonds. The Morgan fingerprint density at radius 3 is 1.30 bits per heavy atom. The van der Waals surface area contributed by atoms with Crippen molar-refractivity contribution in [1.29, 1.82) is 15.8 Å². The van der Waals surface area contributed by atoms with Gasteiger partial charge in [-0.2, -0.15) is 15.8 Å². The second-order valence-electron chi connectivity index (χ2n) is 20.4. The fourth-order valence-corrected chi connectivity index (χ4v) is 12.2. The summed E-state index contributed by atoms with van der Waals surface area (Å²) in [7, 11) is 3.66. The van der Waals surface area contributed by atoms with Crippen LogP contribution in [0.25, 0.3) is 0 Å². The molecule has 1 aromatic carbocycles. The van der Waals surface area contributed by atoms with Crippen LogP contribution >= 0.6 is 0 Å². The van der Waals surface area contributed by atoms with Crippen LogP contribution in [0.4, 0.5) is 5.69 Å². The molecular weight excluding hydrogens is 913 g/mol. The van der Waals surface area contributed by atoms with E-state index in [0.29, 0.717) is 63.4 Å². The van der Waals surface area contributed by atoms with Gasteiger partial charge in [0, 0.05) is 96.3 Å². The van der Waals surface area contributed by atoms with Gasteiger partial charge in [-0.05, 0) is 76.0 Å². The third-order valence-corrected chi connectivity index (χ3v) is 16.1. The largest absolute Gasteiger partial charge is 0.366 e. The molecule has 9 aliphatic heterocycles. The molecule has 0 aromatic heterocycles. The number of nitrogens with two attached hydrogens (primary N) is 4. The van der Waals surface area contributed by atoms with Gasteiger partial charge in [0.1, 0.15) is 18.1 Å². The molecule has 71 heavy (non-hydrogen) atoms. The normalized spacial score (nSPS) is 31.0. The molecule has 0 radical (unpaired) electrons. The van der Waals surface area contributed by atoms with Crippen molar-refractivity contribution in [3.05, 3.63) is 29.8 Å². The van der Waals surface area contributed by atoms with Gasteiger partial charge in [-0.25, -0.2) is 0 Å². The molecule has 9 fully saturated rings. The van der Waals surface area contributed by atoms with Crippen LogP contribution in [0.15, 0.2) is 24.3 Å². The number of likely N-dealkylation sites (tertiary alicyclic amines) is 8. The highest BCUT2D eigenvalue weighted by molar-refractivity contribution is 6.03. The number of piperazine rings is 3. The number of hydrogen-bond acceptors (Lipinski definition) is 16. The minimum atomic E-state index is -0.761. The summed E-state index contributed by atoms with van der Waals surface area (Å²) in [4.78, 5) is 102. The van der Waals surface area contributed by atoms with Crippen LogP contribution in [-0.2, 0) is 28.8 Å². The molecule has 9 heterocycles. The number of benzene rings is 1. The van der Waals surface area contributed by atoms with Gasteiger partial charge in [0.05, 0.1) is 60.5 Å². The first-order chi connectivity index (χ1) is 33.9. The van der Waals surface area contributed by atoms with E-state index in [9.17, 15) is 38.8 Å². The molecule has 0 aliphatic carbocycles. The highest BCUT2D eigenvalue weighted by Crippen LogP contribution is 2.37. The van der Waals surface area contributed by atoms with E-state index < -0.39 is 30.1 Å². The van der Waals surface area contributed by atoms with Crippen molar-refractivity contribution < 1.29 is 33.6 Å². The molecule has 6 bridgehead atoms. The summed E-state index contributed by atoms with van der Waals surface area (Å²) in [6.07, 6.45) is 6.98. The first-order valence-corrected chi connectivity index (χ1v) is 24.8. The lowest BCUT2D eigenvalue weighted by molar-refractivity contribution is -0.138. The average molecular weight is 979 g/mol. The number of nitrogens with zero attached hydrogens (tertiary/aromatic N) is 12. The fourth-order valence-electron chi connectivity index (χ4n) is 12.2. The Morgan fingerprint density at radius 2 is 0.958 bits per heavy atom. The summed E-state index contributed by atoms with van der Waals surface area (Å²) in [5.74, 6) is -0.893. The van der Waals surface area contributed by atoms with Gasteiger partial charge in [-0.1, -0.05) is 6.07 Å². The van der Waals surface area contributed by atoms with E-state index >= 15 is 0 Å². The predicted molar refractivity (Wildman–Crippen MR) is 254 cm³/mol. The Morgan fingerprint density at radius 1 is 0.592 bits per heavy atom. The molecule has 8 N–H and O–H groups in total. The van der Waals surface area contributed by atoms with Crippen LogP contribution in [0.3, 0.4) is 0 Å². The topological polar surface area (TPSA) is 324 Å². The second-order valence-corrected chi connectivity index (χ2v) is 20.4. The summed E-state index contributed by atoms with van der Waals surface area (Å²) in [5.41, 5.74) is 24.6. The Bertz CT molecular complexity index is 2310. The standard InChI is InChI=1S/C20H24N6O3.2C14H21N5O2/c21-9-14-5-2-6-25(14)19(28)16(22)11-24-10-15-8-17(24)20(29)26(15)13-4-1-3-12(7-13)18(23)27;2*1-17-10-5-12(14(17)21)18(7-10)8-11(16)13(20)19-4-2-3-9(19)6-15/h1,3-4,7,14-17H,2,5-6,8,10-11,22H2,(H2,23,27);2*9-12H,2-5,7-8,16H2,1H3/t14-,15?,16-,17-;2*9-,10?,11-,12-/m000/s1. The maximum absolute atomic E-state index is 13.0. The van der Waals surface area contributed by atoms with Crippen molar-refractivity contribution in [2.75, 3.05) is 77.9 Å². The van der Waals surface area contributed by atoms with Gasteiger partial charge in [0.2, 0.25) is 41.4 Å². The molecule has 9 aliphatic rings. The Kier molecular flexibility index (Phi) is 15.3. The molecule has 12 atom stereocenters. The summed E-state index contributed by atoms with van der Waals surface area (Å²) >= 11 is 0. The van der Waals surface area contributed by atoms with Crippen molar-refractivity contribution in [2.45, 2.75) is 130 Å². The SMILES string of the molecule is CN1C(=O)[C@@H]2CC1CN2C[C@H](N)C(=O)N1CCC[C@H]1C#N.CN1C(=O)[C@@H]2CC1CN2C[C@H](N)C(=O)N1CCC[C@H]1C#N.N#C[C@@H]1CCCN1C(=O)[C@@H](N)CN1CC2C[C@H]1C(=O)N2c1cccc(C(N)=O)c1. The van der Waals surface area contributed by atoms with E-state index in [0.717, 1.165) is 58.0 Å². The van der Waals surface area contributed by atoms with E-state index in [1.807, 2.05) is 28.8 Å². The Balaban J connectivity index is 0.000000146. The lowest BCUT2D eigenvalue weighted by Gasteiger charge is -2.35. The van der Waals surface area contributed by atoms with Crippen molar-refractivity contribution >= 4 is 47.0 Å². The molecule has 3 unspecified atom stereocenters. The van der Waals surface area contributed by atoms with Crippen molar-refractivity contribution in [2.24, 2.45) is 22.9 Å². The third-order valence-electron chi connectivity index (χ3n) is 16.1. The number of anilines is 1. The Labute approximate surface area is 413 Å². The van der Waals surface area contributed by atoms with Crippen LogP contribution in [0.1, 0.15) is 68.1 Å². The van der Waals surface area contributed by atoms with Gasteiger partial charge in [0.15, 0.2) is 0 Å². The summed E-state index contributed by atoms with van der Waals surface area (Å²) in [6, 6.07) is 9.97. The number of amides is 7. The minimum Gasteiger partial charge on any atom is -0.366 e. The molecule has 10 rings (SSSR count). The lowest BCUT2D eigenvalue weighted by Crippen LogP contribution is -2.56. The summed E-state index contributed by atoms with van der Waals surface area (Å²) < 4.78 is 0. The summed E-state index contributed by atoms with van der Waals surface area (Å²) in [5, 5.41) is 27.3. The number of nitriles is 3. The zero-order valence-corrected chi connectivity index (χ0v) is 40.5. The van der Waals surface area contributed by atoms with Crippen LogP contribution in [0.2, 0.25) is 0 Å². The van der Waals surface area contributed by atoms with Gasteiger partial charge in [0.25, 0.3) is 0 Å². The molecule has 0 spiro atoms. The lowest BCUT2D eigenvalue weighted by atomic mass is 10.1. The summed E-state index contributed by atoms with van der Waals surface area (Å²) in [6.45, 7) is 5.04. The number of carbonyl (C=O) groups excluding carboxylic acids is 7. The monoisotopic (exact) mass is 979 g/mol. The average Bonchev–Trinajstić information content (AvgIpc) is 4.23. The van der Waals surface area contributed by atoms with E-state index in [-0.39, 0.29) is 90.3 Å². The number of primary amides is 1. The molecule has 23 nitrogen and oxygen atoms in total. The van der Waals surface area contributed by atoms with Crippen molar-refractivity contribution in [3.8, 4) is 18.2 Å². The van der Waals surface area contributed by atoms with Crippen LogP contribution in [0, 0.1) is 34.0 Å². The van der Waals surface area contributed by atoms with Crippen LogP contribution in [-0.4, -0.2) is 226 Å². The maximum atomic E-state index is 13.0. The number of hydrogen-bond donors (Lipinski definition) is 4. The van der Waals surface area contributed by atoms with E-state index in [1.54, 1.807) is 53.7 Å². The molecular formula is C48H66N16O7. The van der Waals surface area contributed by atoms with Gasteiger partial charge < -0.3 is 52.3 Å². The zero-order chi connectivity index (χ0) is 51.0. The van der Waals surface area contributed by atoms with Crippen molar-refractivity contribution in [3.63, 3.8) is 0 Å². The number of fused-ring (bicyclic) bond motifs is 6. The molecule has 9 saturated heterocycles. The smallest absolute Gasteiger partial charge is 0.248 e. The van der Waals surface area contributed by atoms with E-state index in [1.165, 1.54) is 0 Å². The third kappa shape index (κ3) is 10.0. The van der Waals surface area contributed by atoms with Gasteiger partial charge in [-0.3, -0.25) is 48.3 Å². The predicted octanol–water partition coefficient (Wildman–Crippen LogP) is -3.10. The molecule has 23 heteroatoms. The van der Waals surface area contributed by atoms with E-state index in [4.69, 9.17) is 33.5 Å². The van der Waals surface area contributed by atoms with Crippen LogP contribution < -0.4 is 27.8 Å². The number of likely N-dealkylation sites (N-methyl/N-ethyl adjacent to an activating group) is 2. The quantitative estimate of drug-likeness (QED) is 0.171. The van der Waals surface area contributed by atoms with E-state index in [2.05, 4.69) is 18.2 Å². The fraction of sp³-hybridized carbons (Fsp3) is 0.667. The number of rotatable bonds is 11. The van der Waals surface area contributed by atoms with Crippen LogP contribution in [0.5, 0.6) is 0 Å². The minimum absolute atomic E-state index is 0.0310. The molecule has 380 valence electrons. The highest BCUT2D eigenvalue weighted by atomic mass is 16.2. The van der Waals surface area contributed by atoms with Crippen molar-refractivity contribution in [1.82, 2.24) is 39.2 Å². The first-order valence-electron chi connectivity index (χ1n) is 24.8. The highest BCUT2D eigenvalue weighted by Gasteiger charge is 2.52. The van der Waals surface area contributed by atoms with Gasteiger partial charge >= 0.3 is 0 Å². The Hall–Kier alpha value is -6.26. The second kappa shape index (κ2) is 21.2. The first kappa shape index (κ1) is 51.1. The maximum Gasteiger partial charge on any atom is 0.248 e. The zero-order valence-electron chi connectivity index (χ0n) is 40.5. The number of carbonyl (C=O) groups is 7. The van der Waals surface area contributed by atoms with Gasteiger partial charge in [-0.15, -0.1) is 0 Å². The molecule has 0 saturated carbocycles. The molecule has 1 aromatic rings.